The van der Waals surface area contributed by atoms with Crippen LogP contribution in [-0.2, 0) is 23.3 Å². The molecule has 1 aliphatic rings. The van der Waals surface area contributed by atoms with Crippen molar-refractivity contribution in [2.24, 2.45) is 0 Å². The van der Waals surface area contributed by atoms with Crippen LogP contribution in [0.5, 0.6) is 5.75 Å². The van der Waals surface area contributed by atoms with Gasteiger partial charge in [0, 0.05) is 58.1 Å². The molecule has 1 fully saturated rings. The van der Waals surface area contributed by atoms with Crippen molar-refractivity contribution in [1.82, 2.24) is 32.7 Å². The molecule has 0 atom stereocenters. The van der Waals surface area contributed by atoms with Gasteiger partial charge in [-0.3, -0.25) is 9.47 Å². The minimum atomic E-state index is -3.41. The van der Waals surface area contributed by atoms with Crippen molar-refractivity contribution < 1.29 is 18.1 Å². The van der Waals surface area contributed by atoms with Crippen molar-refractivity contribution in [1.29, 1.82) is 0 Å². The van der Waals surface area contributed by atoms with Gasteiger partial charge >= 0.3 is 5.69 Å². The van der Waals surface area contributed by atoms with E-state index < -0.39 is 10.2 Å². The first-order valence-corrected chi connectivity index (χ1v) is 13.0. The fraction of sp³-hybridized carbons (Fsp3) is 0.391. The molecule has 36 heavy (non-hydrogen) atoms. The van der Waals surface area contributed by atoms with Gasteiger partial charge in [-0.05, 0) is 33.8 Å². The van der Waals surface area contributed by atoms with E-state index in [-0.39, 0.29) is 5.69 Å². The van der Waals surface area contributed by atoms with Gasteiger partial charge in [0.1, 0.15) is 5.75 Å². The Morgan fingerprint density at radius 1 is 1.06 bits per heavy atom. The van der Waals surface area contributed by atoms with Crippen molar-refractivity contribution in [2.75, 3.05) is 47.4 Å². The molecule has 4 heterocycles. The number of benzene rings is 1. The summed E-state index contributed by atoms with van der Waals surface area (Å²) in [7, 11) is 1.30. The molecule has 1 saturated heterocycles. The lowest BCUT2D eigenvalue weighted by Crippen LogP contribution is -2.51. The van der Waals surface area contributed by atoms with Crippen molar-refractivity contribution in [3.05, 3.63) is 64.5 Å². The Hall–Kier alpha value is -3.39. The third-order valence-corrected chi connectivity index (χ3v) is 8.40. The molecule has 1 N–H and O–H groups in total. The van der Waals surface area contributed by atoms with Gasteiger partial charge in [-0.2, -0.15) is 17.0 Å². The Morgan fingerprint density at radius 3 is 2.44 bits per heavy atom. The molecular formula is C23H29N8O4S+. The highest BCUT2D eigenvalue weighted by Gasteiger charge is 2.28. The van der Waals surface area contributed by atoms with Crippen molar-refractivity contribution in [2.45, 2.75) is 13.1 Å². The van der Waals surface area contributed by atoms with Crippen molar-refractivity contribution >= 4 is 26.9 Å². The van der Waals surface area contributed by atoms with E-state index in [1.807, 2.05) is 30.3 Å². The van der Waals surface area contributed by atoms with Crippen LogP contribution in [0, 0.1) is 0 Å². The lowest BCUT2D eigenvalue weighted by atomic mass is 10.2. The number of nitrogens with zero attached hydrogens (tertiary/aromatic N) is 7. The lowest BCUT2D eigenvalue weighted by Gasteiger charge is -2.35. The lowest BCUT2D eigenvalue weighted by molar-refractivity contribution is -0.345. The second-order valence-electron chi connectivity index (χ2n) is 8.95. The summed E-state index contributed by atoms with van der Waals surface area (Å²) < 4.78 is 35.7. The number of aromatic nitrogens is 5. The van der Waals surface area contributed by atoms with Crippen LogP contribution in [0.25, 0.3) is 16.7 Å². The fourth-order valence-electron chi connectivity index (χ4n) is 4.45. The highest BCUT2D eigenvalue weighted by Crippen LogP contribution is 2.19. The molecule has 4 aromatic rings. The average molecular weight is 514 g/mol. The Morgan fingerprint density at radius 2 is 1.78 bits per heavy atom. The zero-order chi connectivity index (χ0) is 25.4. The van der Waals surface area contributed by atoms with Gasteiger partial charge in [0.15, 0.2) is 5.65 Å². The molecule has 0 amide bonds. The van der Waals surface area contributed by atoms with Gasteiger partial charge in [0.2, 0.25) is 0 Å². The van der Waals surface area contributed by atoms with E-state index in [1.54, 1.807) is 32.0 Å². The van der Waals surface area contributed by atoms with Crippen LogP contribution in [0.15, 0.2) is 47.7 Å². The number of fused-ring (bicyclic) bond motifs is 3. The highest BCUT2D eigenvalue weighted by atomic mass is 32.2. The monoisotopic (exact) mass is 513 g/mol. The number of aromatic amines is 1. The SMILES string of the molecule is COc1ccc(Cn2c(=O)n3nc[nH+]c3c3cc(CN4CCN(S(=O)(=O)N(C)C)CC4)cnc32)cc1. The number of piperazine rings is 1. The smallest absolute Gasteiger partial charge is 0.425 e. The maximum absolute atomic E-state index is 13.2. The molecule has 0 saturated carbocycles. The molecule has 0 spiro atoms. The second kappa shape index (κ2) is 9.58. The molecule has 1 aliphatic heterocycles. The Kier molecular flexibility index (Phi) is 6.47. The van der Waals surface area contributed by atoms with Crippen molar-refractivity contribution in [3.63, 3.8) is 0 Å². The quantitative estimate of drug-likeness (QED) is 0.337. The van der Waals surface area contributed by atoms with Crippen LogP contribution in [-0.4, -0.2) is 88.5 Å². The third-order valence-electron chi connectivity index (χ3n) is 6.46. The average Bonchev–Trinajstić information content (AvgIpc) is 3.38. The number of nitrogens with one attached hydrogen (secondary N) is 1. The van der Waals surface area contributed by atoms with E-state index in [9.17, 15) is 13.2 Å². The van der Waals surface area contributed by atoms with Crippen LogP contribution in [0.1, 0.15) is 11.1 Å². The van der Waals surface area contributed by atoms with E-state index in [0.29, 0.717) is 50.6 Å². The summed E-state index contributed by atoms with van der Waals surface area (Å²) >= 11 is 0. The molecule has 3 aromatic heterocycles. The van der Waals surface area contributed by atoms with Gasteiger partial charge in [0.25, 0.3) is 22.2 Å². The third kappa shape index (κ3) is 4.46. The number of hydrogen-bond donors (Lipinski definition) is 0. The van der Waals surface area contributed by atoms with E-state index in [1.165, 1.54) is 19.5 Å². The molecule has 5 rings (SSSR count). The van der Waals surface area contributed by atoms with Gasteiger partial charge in [-0.1, -0.05) is 12.1 Å². The van der Waals surface area contributed by atoms with Crippen LogP contribution in [0.3, 0.4) is 0 Å². The Labute approximate surface area is 208 Å². The molecule has 1 aromatic carbocycles. The first-order chi connectivity index (χ1) is 17.3. The summed E-state index contributed by atoms with van der Waals surface area (Å²) in [5, 5.41) is 4.98. The standard InChI is InChI=1S/C23H28N8O4S/c1-27(2)36(33,34)29-10-8-28(9-11-29)14-18-12-20-21(24-13-18)30(23(32)31-22(20)25-16-26-31)15-17-4-6-19(35-3)7-5-17/h4-7,12-13,16H,8-11,14-15H2,1-3H3/p+1. The van der Waals surface area contributed by atoms with E-state index in [0.717, 1.165) is 22.3 Å². The Bertz CT molecular complexity index is 1560. The van der Waals surface area contributed by atoms with Gasteiger partial charge in [0.05, 0.1) is 19.0 Å². The van der Waals surface area contributed by atoms with Crippen LogP contribution in [0.4, 0.5) is 0 Å². The fourth-order valence-corrected chi connectivity index (χ4v) is 5.54. The number of ether oxygens (including phenoxy) is 1. The summed E-state index contributed by atoms with van der Waals surface area (Å²) in [4.78, 5) is 23.2. The summed E-state index contributed by atoms with van der Waals surface area (Å²) in [6, 6.07) is 9.57. The number of H-pyrrole nitrogens is 1. The summed E-state index contributed by atoms with van der Waals surface area (Å²) in [6.45, 7) is 3.07. The number of pyridine rings is 1. The first kappa shape index (κ1) is 24.3. The van der Waals surface area contributed by atoms with E-state index in [4.69, 9.17) is 4.74 Å². The number of rotatable bonds is 7. The van der Waals surface area contributed by atoms with E-state index in [2.05, 4.69) is 20.0 Å². The Balaban J connectivity index is 1.43. The molecular weight excluding hydrogens is 484 g/mol. The topological polar surface area (TPSA) is 119 Å². The maximum atomic E-state index is 13.2. The van der Waals surface area contributed by atoms with Crippen LogP contribution < -0.4 is 15.4 Å². The molecule has 0 radical (unpaired) electrons. The van der Waals surface area contributed by atoms with Gasteiger partial charge < -0.3 is 4.74 Å². The first-order valence-electron chi connectivity index (χ1n) is 11.6. The molecule has 0 unspecified atom stereocenters. The largest absolute Gasteiger partial charge is 0.497 e. The predicted octanol–water partition coefficient (Wildman–Crippen LogP) is -0.161. The normalized spacial score (nSPS) is 15.8. The molecule has 0 aliphatic carbocycles. The number of hydrogen-bond acceptors (Lipinski definition) is 7. The predicted molar refractivity (Wildman–Crippen MR) is 133 cm³/mol. The van der Waals surface area contributed by atoms with Gasteiger partial charge in [-0.25, -0.2) is 14.8 Å². The minimum absolute atomic E-state index is 0.284. The molecule has 12 nitrogen and oxygen atoms in total. The zero-order valence-electron chi connectivity index (χ0n) is 20.5. The molecule has 190 valence electrons. The van der Waals surface area contributed by atoms with Crippen LogP contribution >= 0.6 is 0 Å². The van der Waals surface area contributed by atoms with E-state index >= 15 is 0 Å². The minimum Gasteiger partial charge on any atom is -0.497 e. The maximum Gasteiger partial charge on any atom is 0.425 e. The van der Waals surface area contributed by atoms with Gasteiger partial charge in [-0.15, -0.1) is 0 Å². The van der Waals surface area contributed by atoms with Crippen molar-refractivity contribution in [3.8, 4) is 5.75 Å². The molecule has 0 bridgehead atoms. The highest BCUT2D eigenvalue weighted by molar-refractivity contribution is 7.86. The summed E-state index contributed by atoms with van der Waals surface area (Å²) in [5.74, 6) is 0.746. The zero-order valence-corrected chi connectivity index (χ0v) is 21.3. The summed E-state index contributed by atoms with van der Waals surface area (Å²) in [6.07, 6.45) is 3.27. The summed E-state index contributed by atoms with van der Waals surface area (Å²) in [5.41, 5.74) is 2.76. The number of methoxy groups -OCH3 is 1. The second-order valence-corrected chi connectivity index (χ2v) is 11.1. The van der Waals surface area contributed by atoms with Crippen LogP contribution in [0.2, 0.25) is 0 Å². The molecule has 13 heteroatoms.